The Kier molecular flexibility index (Phi) is 4.48. The van der Waals surface area contributed by atoms with Crippen LogP contribution in [0.1, 0.15) is 19.5 Å². The van der Waals surface area contributed by atoms with Crippen LogP contribution in [0.25, 0.3) is 0 Å². The van der Waals surface area contributed by atoms with E-state index >= 15 is 0 Å². The fourth-order valence-corrected chi connectivity index (χ4v) is 4.81. The van der Waals surface area contributed by atoms with Crippen LogP contribution >= 0.6 is 0 Å². The average molecular weight is 338 g/mol. The van der Waals surface area contributed by atoms with E-state index in [0.717, 1.165) is 31.9 Å². The molecule has 7 heteroatoms. The van der Waals surface area contributed by atoms with E-state index in [1.807, 2.05) is 24.4 Å². The van der Waals surface area contributed by atoms with Gasteiger partial charge in [-0.25, -0.2) is 8.42 Å². The van der Waals surface area contributed by atoms with E-state index < -0.39 is 10.0 Å². The van der Waals surface area contributed by atoms with Gasteiger partial charge in [0.2, 0.25) is 10.0 Å². The van der Waals surface area contributed by atoms with Gasteiger partial charge in [-0.2, -0.15) is 4.31 Å². The third kappa shape index (κ3) is 3.74. The van der Waals surface area contributed by atoms with E-state index in [1.54, 1.807) is 4.31 Å². The minimum absolute atomic E-state index is 0.122. The Hall–Kier alpha value is -1.02. The second kappa shape index (κ2) is 6.12. The molecule has 1 aromatic rings. The maximum Gasteiger partial charge on any atom is 0.211 e. The van der Waals surface area contributed by atoms with Crippen molar-refractivity contribution in [3.63, 3.8) is 0 Å². The normalized spacial score (nSPS) is 26.8. The van der Waals surface area contributed by atoms with Crippen LogP contribution in [-0.2, 0) is 16.6 Å². The van der Waals surface area contributed by atoms with Gasteiger partial charge in [0.25, 0.3) is 0 Å². The lowest BCUT2D eigenvalue weighted by atomic mass is 9.94. The maximum absolute atomic E-state index is 12.0. The molecule has 2 aliphatic heterocycles. The third-order valence-corrected chi connectivity index (χ3v) is 6.12. The molecule has 0 N–H and O–H groups in total. The summed E-state index contributed by atoms with van der Waals surface area (Å²) >= 11 is 0. The molecule has 2 fully saturated rings. The second-order valence-electron chi connectivity index (χ2n) is 7.27. The van der Waals surface area contributed by atoms with Gasteiger partial charge in [0.05, 0.1) is 11.9 Å². The van der Waals surface area contributed by atoms with Gasteiger partial charge >= 0.3 is 0 Å². The first-order valence-corrected chi connectivity index (χ1v) is 9.95. The molecule has 0 aromatic carbocycles. The number of sulfonamides is 1. The van der Waals surface area contributed by atoms with Gasteiger partial charge in [0.15, 0.2) is 0 Å². The van der Waals surface area contributed by atoms with Crippen molar-refractivity contribution >= 4 is 10.0 Å². The van der Waals surface area contributed by atoms with E-state index in [-0.39, 0.29) is 11.6 Å². The summed E-state index contributed by atoms with van der Waals surface area (Å²) in [5.74, 6) is 0. The summed E-state index contributed by atoms with van der Waals surface area (Å²) in [5.41, 5.74) is 0.944. The van der Waals surface area contributed by atoms with E-state index in [9.17, 15) is 8.42 Å². The third-order valence-electron chi connectivity index (χ3n) is 4.90. The monoisotopic (exact) mass is 338 g/mol. The second-order valence-corrected chi connectivity index (χ2v) is 9.25. The summed E-state index contributed by atoms with van der Waals surface area (Å²) in [6.07, 6.45) is 3.13. The number of piperazine rings is 2. The van der Waals surface area contributed by atoms with Crippen LogP contribution in [0.5, 0.6) is 0 Å². The largest absolute Gasteiger partial charge is 0.295 e. The zero-order valence-electron chi connectivity index (χ0n) is 14.1. The van der Waals surface area contributed by atoms with Crippen molar-refractivity contribution in [1.82, 2.24) is 19.1 Å². The van der Waals surface area contributed by atoms with E-state index in [0.29, 0.717) is 13.1 Å². The Bertz CT molecular complexity index is 647. The predicted octanol–water partition coefficient (Wildman–Crippen LogP) is 0.622. The fraction of sp³-hybridized carbons (Fsp3) is 0.688. The molecule has 3 heterocycles. The minimum Gasteiger partial charge on any atom is -0.295 e. The maximum atomic E-state index is 12.0. The smallest absolute Gasteiger partial charge is 0.211 e. The van der Waals surface area contributed by atoms with Crippen molar-refractivity contribution in [3.8, 4) is 0 Å². The number of fused-ring (bicyclic) bond motifs is 1. The van der Waals surface area contributed by atoms with Gasteiger partial charge in [-0.1, -0.05) is 6.07 Å². The zero-order chi connectivity index (χ0) is 16.7. The van der Waals surface area contributed by atoms with Crippen molar-refractivity contribution in [1.29, 1.82) is 0 Å². The molecule has 0 saturated carbocycles. The Labute approximate surface area is 139 Å². The molecule has 23 heavy (non-hydrogen) atoms. The average Bonchev–Trinajstić information content (AvgIpc) is 2.46. The first-order chi connectivity index (χ1) is 10.8. The van der Waals surface area contributed by atoms with Crippen molar-refractivity contribution in [2.75, 3.05) is 39.0 Å². The van der Waals surface area contributed by atoms with E-state index in [2.05, 4.69) is 28.6 Å². The summed E-state index contributed by atoms with van der Waals surface area (Å²) in [6, 6.07) is 6.22. The summed E-state index contributed by atoms with van der Waals surface area (Å²) in [5, 5.41) is 0. The molecule has 0 spiro atoms. The highest BCUT2D eigenvalue weighted by atomic mass is 32.2. The number of hydrogen-bond acceptors (Lipinski definition) is 5. The molecule has 0 radical (unpaired) electrons. The van der Waals surface area contributed by atoms with Crippen LogP contribution < -0.4 is 0 Å². The van der Waals surface area contributed by atoms with Crippen LogP contribution in [-0.4, -0.2) is 78.1 Å². The standard InChI is InChI=1S/C16H26N4O2S/c1-16(2)13-19(23(3,21)22)12-15-11-18(8-9-20(15)16)10-14-6-4-5-7-17-14/h4-7,15H,8-13H2,1-3H3. The Morgan fingerprint density at radius 3 is 2.70 bits per heavy atom. The predicted molar refractivity (Wildman–Crippen MR) is 90.5 cm³/mol. The summed E-state index contributed by atoms with van der Waals surface area (Å²) in [4.78, 5) is 9.25. The lowest BCUT2D eigenvalue weighted by molar-refractivity contribution is -0.0450. The van der Waals surface area contributed by atoms with Crippen LogP contribution in [0.2, 0.25) is 0 Å². The molecule has 1 aromatic heterocycles. The van der Waals surface area contributed by atoms with Gasteiger partial charge in [0.1, 0.15) is 0 Å². The minimum atomic E-state index is -3.15. The molecule has 0 bridgehead atoms. The molecule has 128 valence electrons. The highest BCUT2D eigenvalue weighted by Crippen LogP contribution is 2.29. The molecule has 0 amide bonds. The van der Waals surface area contributed by atoms with E-state index in [1.165, 1.54) is 6.26 Å². The molecule has 1 unspecified atom stereocenters. The van der Waals surface area contributed by atoms with Gasteiger partial charge in [-0.15, -0.1) is 0 Å². The first-order valence-electron chi connectivity index (χ1n) is 8.10. The van der Waals surface area contributed by atoms with Gasteiger partial charge < -0.3 is 0 Å². The molecule has 0 aliphatic carbocycles. The van der Waals surface area contributed by atoms with Gasteiger partial charge in [0, 0.05) is 57.0 Å². The number of aromatic nitrogens is 1. The van der Waals surface area contributed by atoms with Gasteiger partial charge in [-0.05, 0) is 26.0 Å². The SMILES string of the molecule is CC1(C)CN(S(C)(=O)=O)CC2CN(Cc3ccccn3)CCN21. The summed E-state index contributed by atoms with van der Waals surface area (Å²) in [7, 11) is -3.15. The van der Waals surface area contributed by atoms with Crippen LogP contribution in [0.15, 0.2) is 24.4 Å². The first kappa shape index (κ1) is 16.8. The van der Waals surface area contributed by atoms with Crippen LogP contribution in [0, 0.1) is 0 Å². The van der Waals surface area contributed by atoms with Gasteiger partial charge in [-0.3, -0.25) is 14.8 Å². The van der Waals surface area contributed by atoms with Crippen LogP contribution in [0.3, 0.4) is 0 Å². The molecule has 1 atom stereocenters. The molecular weight excluding hydrogens is 312 g/mol. The fourth-order valence-electron chi connectivity index (χ4n) is 3.81. The van der Waals surface area contributed by atoms with Crippen molar-refractivity contribution < 1.29 is 8.42 Å². The van der Waals surface area contributed by atoms with E-state index in [4.69, 9.17) is 0 Å². The van der Waals surface area contributed by atoms with Crippen molar-refractivity contribution in [2.45, 2.75) is 32.0 Å². The molecule has 2 saturated heterocycles. The topological polar surface area (TPSA) is 56.8 Å². The Morgan fingerprint density at radius 2 is 2.04 bits per heavy atom. The Morgan fingerprint density at radius 1 is 1.26 bits per heavy atom. The molecule has 6 nitrogen and oxygen atoms in total. The molecule has 2 aliphatic rings. The lowest BCUT2D eigenvalue weighted by Gasteiger charge is -2.55. The quantitative estimate of drug-likeness (QED) is 0.809. The molecular formula is C16H26N4O2S. The Balaban J connectivity index is 1.73. The zero-order valence-corrected chi connectivity index (χ0v) is 15.0. The number of rotatable bonds is 3. The summed E-state index contributed by atoms with van der Waals surface area (Å²) in [6.45, 7) is 9.12. The number of nitrogens with zero attached hydrogens (tertiary/aromatic N) is 4. The number of hydrogen-bond donors (Lipinski definition) is 0. The number of pyridine rings is 1. The van der Waals surface area contributed by atoms with Crippen molar-refractivity contribution in [2.24, 2.45) is 0 Å². The lowest BCUT2D eigenvalue weighted by Crippen LogP contribution is -2.70. The highest BCUT2D eigenvalue weighted by Gasteiger charge is 2.44. The summed E-state index contributed by atoms with van der Waals surface area (Å²) < 4.78 is 25.6. The van der Waals surface area contributed by atoms with Crippen LogP contribution in [0.4, 0.5) is 0 Å². The molecule has 3 rings (SSSR count). The van der Waals surface area contributed by atoms with Crippen molar-refractivity contribution in [3.05, 3.63) is 30.1 Å². The highest BCUT2D eigenvalue weighted by molar-refractivity contribution is 7.88.